The number of nitrogens with one attached hydrogen (secondary N) is 1. The number of methoxy groups -OCH3 is 1. The number of thioether (sulfide) groups is 1. The van der Waals surface area contributed by atoms with Crippen molar-refractivity contribution in [3.63, 3.8) is 0 Å². The smallest absolute Gasteiger partial charge is 0.238 e. The van der Waals surface area contributed by atoms with Gasteiger partial charge >= 0.3 is 0 Å². The predicted molar refractivity (Wildman–Crippen MR) is 101 cm³/mol. The van der Waals surface area contributed by atoms with Crippen LogP contribution < -0.4 is 15.0 Å². The Morgan fingerprint density at radius 3 is 2.60 bits per heavy atom. The van der Waals surface area contributed by atoms with E-state index in [2.05, 4.69) is 5.32 Å². The van der Waals surface area contributed by atoms with Gasteiger partial charge in [0.1, 0.15) is 11.1 Å². The van der Waals surface area contributed by atoms with Gasteiger partial charge in [-0.15, -0.1) is 11.8 Å². The molecule has 1 N–H and O–H groups in total. The van der Waals surface area contributed by atoms with Crippen LogP contribution in [0.3, 0.4) is 0 Å². The molecule has 1 unspecified atom stereocenters. The zero-order chi connectivity index (χ0) is 18.0. The molecular weight excluding hydrogens is 360 g/mol. The van der Waals surface area contributed by atoms with Crippen LogP contribution in [0.2, 0.25) is 5.02 Å². The number of ether oxygens (including phenoxy) is 1. The lowest BCUT2D eigenvalue weighted by Gasteiger charge is -2.25. The predicted octanol–water partition coefficient (Wildman–Crippen LogP) is 4.09. The number of halogens is 1. The monoisotopic (exact) mass is 376 g/mol. The minimum atomic E-state index is -0.136. The molecule has 1 fully saturated rings. The molecule has 0 spiro atoms. The van der Waals surface area contributed by atoms with Crippen molar-refractivity contribution in [2.45, 2.75) is 12.3 Å². The summed E-state index contributed by atoms with van der Waals surface area (Å²) in [4.78, 5) is 25.3. The topological polar surface area (TPSA) is 58.6 Å². The standard InChI is InChI=1S/C18H17ClN2O3S/c1-11(22)20-13-5-3-12(4-6-13)18-21(17(23)10-25-18)14-7-8-16(24-2)15(19)9-14/h3-9,18H,10H2,1-2H3,(H,20,22). The molecule has 25 heavy (non-hydrogen) atoms. The van der Waals surface area contributed by atoms with Crippen LogP contribution in [-0.4, -0.2) is 24.7 Å². The van der Waals surface area contributed by atoms with Gasteiger partial charge < -0.3 is 10.1 Å². The van der Waals surface area contributed by atoms with E-state index in [1.807, 2.05) is 30.3 Å². The minimum absolute atomic E-state index is 0.0298. The fourth-order valence-corrected chi connectivity index (χ4v) is 4.12. The van der Waals surface area contributed by atoms with Crippen LogP contribution in [0, 0.1) is 0 Å². The van der Waals surface area contributed by atoms with Gasteiger partial charge in [0.2, 0.25) is 11.8 Å². The SMILES string of the molecule is COc1ccc(N2C(=O)CSC2c2ccc(NC(C)=O)cc2)cc1Cl. The van der Waals surface area contributed by atoms with Crippen LogP contribution in [0.15, 0.2) is 42.5 Å². The first-order chi connectivity index (χ1) is 12.0. The average Bonchev–Trinajstić information content (AvgIpc) is 2.96. The Morgan fingerprint density at radius 1 is 1.28 bits per heavy atom. The van der Waals surface area contributed by atoms with Gasteiger partial charge in [-0.2, -0.15) is 0 Å². The van der Waals surface area contributed by atoms with Gasteiger partial charge in [0.25, 0.3) is 0 Å². The molecule has 0 radical (unpaired) electrons. The second-order valence-corrected chi connectivity index (χ2v) is 7.02. The van der Waals surface area contributed by atoms with Gasteiger partial charge in [0.15, 0.2) is 0 Å². The van der Waals surface area contributed by atoms with E-state index in [0.717, 1.165) is 16.9 Å². The number of rotatable bonds is 4. The van der Waals surface area contributed by atoms with Crippen LogP contribution in [0.25, 0.3) is 0 Å². The molecule has 1 saturated heterocycles. The summed E-state index contributed by atoms with van der Waals surface area (Å²) < 4.78 is 5.17. The summed E-state index contributed by atoms with van der Waals surface area (Å²) in [5.41, 5.74) is 2.44. The fraction of sp³-hybridized carbons (Fsp3) is 0.222. The van der Waals surface area contributed by atoms with Gasteiger partial charge in [-0.1, -0.05) is 23.7 Å². The first kappa shape index (κ1) is 17.6. The number of amides is 2. The van der Waals surface area contributed by atoms with Gasteiger partial charge in [0, 0.05) is 18.3 Å². The Kier molecular flexibility index (Phi) is 5.20. The molecule has 3 rings (SSSR count). The summed E-state index contributed by atoms with van der Waals surface area (Å²) in [7, 11) is 1.55. The molecular formula is C18H17ClN2O3S. The Morgan fingerprint density at radius 2 is 2.00 bits per heavy atom. The van der Waals surface area contributed by atoms with Crippen LogP contribution in [0.5, 0.6) is 5.75 Å². The van der Waals surface area contributed by atoms with E-state index < -0.39 is 0 Å². The molecule has 0 bridgehead atoms. The maximum Gasteiger partial charge on any atom is 0.238 e. The van der Waals surface area contributed by atoms with E-state index in [1.54, 1.807) is 35.9 Å². The Labute approximate surface area is 155 Å². The average molecular weight is 377 g/mol. The highest BCUT2D eigenvalue weighted by atomic mass is 35.5. The van der Waals surface area contributed by atoms with Crippen molar-refractivity contribution in [1.82, 2.24) is 0 Å². The first-order valence-corrected chi connectivity index (χ1v) is 9.07. The lowest BCUT2D eigenvalue weighted by Crippen LogP contribution is -2.27. The fourth-order valence-electron chi connectivity index (χ4n) is 2.69. The molecule has 1 atom stereocenters. The summed E-state index contributed by atoms with van der Waals surface area (Å²) in [6, 6.07) is 12.8. The number of hydrogen-bond acceptors (Lipinski definition) is 4. The highest BCUT2D eigenvalue weighted by molar-refractivity contribution is 8.00. The lowest BCUT2D eigenvalue weighted by molar-refractivity contribution is -0.116. The molecule has 5 nitrogen and oxygen atoms in total. The van der Waals surface area contributed by atoms with Gasteiger partial charge in [-0.05, 0) is 35.9 Å². The molecule has 0 aromatic heterocycles. The van der Waals surface area contributed by atoms with E-state index in [1.165, 1.54) is 6.92 Å². The van der Waals surface area contributed by atoms with Crippen molar-refractivity contribution < 1.29 is 14.3 Å². The van der Waals surface area contributed by atoms with Crippen molar-refractivity contribution >= 4 is 46.6 Å². The summed E-state index contributed by atoms with van der Waals surface area (Å²) in [6.07, 6.45) is 0. The largest absolute Gasteiger partial charge is 0.495 e. The molecule has 2 aromatic carbocycles. The third kappa shape index (κ3) is 3.75. The van der Waals surface area contributed by atoms with E-state index in [4.69, 9.17) is 16.3 Å². The molecule has 2 aromatic rings. The first-order valence-electron chi connectivity index (χ1n) is 7.64. The van der Waals surface area contributed by atoms with Crippen molar-refractivity contribution in [2.75, 3.05) is 23.1 Å². The Balaban J connectivity index is 1.89. The van der Waals surface area contributed by atoms with Crippen LogP contribution in [-0.2, 0) is 9.59 Å². The molecule has 2 amide bonds. The highest BCUT2D eigenvalue weighted by Crippen LogP contribution is 2.43. The molecule has 1 aliphatic heterocycles. The van der Waals surface area contributed by atoms with Crippen molar-refractivity contribution in [3.05, 3.63) is 53.1 Å². The zero-order valence-corrected chi connectivity index (χ0v) is 15.4. The molecule has 7 heteroatoms. The third-order valence-electron chi connectivity index (χ3n) is 3.80. The van der Waals surface area contributed by atoms with Crippen LogP contribution in [0.4, 0.5) is 11.4 Å². The number of benzene rings is 2. The maximum absolute atomic E-state index is 12.4. The van der Waals surface area contributed by atoms with E-state index >= 15 is 0 Å². The van der Waals surface area contributed by atoms with Crippen molar-refractivity contribution in [3.8, 4) is 5.75 Å². The highest BCUT2D eigenvalue weighted by Gasteiger charge is 2.34. The molecule has 0 saturated carbocycles. The van der Waals surface area contributed by atoms with E-state index in [-0.39, 0.29) is 17.2 Å². The van der Waals surface area contributed by atoms with Gasteiger partial charge in [0.05, 0.1) is 17.9 Å². The summed E-state index contributed by atoms with van der Waals surface area (Å²) in [5, 5.41) is 3.06. The molecule has 1 aliphatic rings. The quantitative estimate of drug-likeness (QED) is 0.873. The van der Waals surface area contributed by atoms with E-state index in [0.29, 0.717) is 16.5 Å². The van der Waals surface area contributed by atoms with Crippen molar-refractivity contribution in [1.29, 1.82) is 0 Å². The number of anilines is 2. The number of carbonyl (C=O) groups excluding carboxylic acids is 2. The second-order valence-electron chi connectivity index (χ2n) is 5.55. The Bertz CT molecular complexity index is 810. The van der Waals surface area contributed by atoms with E-state index in [9.17, 15) is 9.59 Å². The lowest BCUT2D eigenvalue weighted by atomic mass is 10.1. The summed E-state index contributed by atoms with van der Waals surface area (Å²) in [5.74, 6) is 0.887. The molecule has 0 aliphatic carbocycles. The zero-order valence-electron chi connectivity index (χ0n) is 13.8. The minimum Gasteiger partial charge on any atom is -0.495 e. The van der Waals surface area contributed by atoms with Crippen molar-refractivity contribution in [2.24, 2.45) is 0 Å². The maximum atomic E-state index is 12.4. The number of hydrogen-bond donors (Lipinski definition) is 1. The third-order valence-corrected chi connectivity index (χ3v) is 5.31. The molecule has 1 heterocycles. The summed E-state index contributed by atoms with van der Waals surface area (Å²) in [6.45, 7) is 1.47. The Hall–Kier alpha value is -2.18. The number of nitrogens with zero attached hydrogens (tertiary/aromatic N) is 1. The van der Waals surface area contributed by atoms with Crippen LogP contribution in [0.1, 0.15) is 17.9 Å². The normalized spacial score (nSPS) is 16.8. The van der Waals surface area contributed by atoms with Crippen LogP contribution >= 0.6 is 23.4 Å². The summed E-state index contributed by atoms with van der Waals surface area (Å²) >= 11 is 7.77. The second kappa shape index (κ2) is 7.37. The van der Waals surface area contributed by atoms with Gasteiger partial charge in [-0.25, -0.2) is 0 Å². The van der Waals surface area contributed by atoms with Gasteiger partial charge in [-0.3, -0.25) is 14.5 Å². The number of carbonyl (C=O) groups is 2. The molecule has 130 valence electrons.